The Balaban J connectivity index is 3.14. The predicted molar refractivity (Wildman–Crippen MR) is 80.7 cm³/mol. The number of benzene rings is 1. The molecule has 21 heavy (non-hydrogen) atoms. The van der Waals surface area contributed by atoms with E-state index >= 15 is 0 Å². The van der Waals surface area contributed by atoms with E-state index in [2.05, 4.69) is 0 Å². The lowest BCUT2D eigenvalue weighted by molar-refractivity contribution is -0.385. The second kappa shape index (κ2) is 7.95. The van der Waals surface area contributed by atoms with Crippen LogP contribution < -0.4 is 0 Å². The van der Waals surface area contributed by atoms with Crippen molar-refractivity contribution in [2.45, 2.75) is 13.8 Å². The monoisotopic (exact) mass is 314 g/mol. The van der Waals surface area contributed by atoms with E-state index < -0.39 is 10.8 Å². The van der Waals surface area contributed by atoms with Gasteiger partial charge in [0.25, 0.3) is 5.91 Å². The Morgan fingerprint density at radius 1 is 1.48 bits per heavy atom. The van der Waals surface area contributed by atoms with Crippen LogP contribution in [-0.2, 0) is 4.74 Å². The van der Waals surface area contributed by atoms with Crippen LogP contribution in [0.25, 0.3) is 0 Å². The Hall–Kier alpha value is -1.66. The molecule has 0 saturated heterocycles. The second-order valence-corrected chi connectivity index (χ2v) is 5.44. The Morgan fingerprint density at radius 2 is 2.14 bits per heavy atom. The fourth-order valence-corrected chi connectivity index (χ4v) is 2.21. The maximum absolute atomic E-state index is 12.6. The highest BCUT2D eigenvalue weighted by Crippen LogP contribution is 2.29. The molecule has 116 valence electrons. The Morgan fingerprint density at radius 3 is 2.67 bits per heavy atom. The van der Waals surface area contributed by atoms with E-state index in [-0.39, 0.29) is 22.2 Å². The summed E-state index contributed by atoms with van der Waals surface area (Å²) in [6, 6.07) is 4.36. The number of nitrogens with zero attached hydrogens (tertiary/aromatic N) is 2. The van der Waals surface area contributed by atoms with Gasteiger partial charge in [-0.05, 0) is 18.1 Å². The molecule has 0 atom stereocenters. The molecule has 1 rings (SSSR count). The lowest BCUT2D eigenvalue weighted by atomic mass is 10.1. The van der Waals surface area contributed by atoms with Crippen molar-refractivity contribution in [3.8, 4) is 0 Å². The first-order chi connectivity index (χ1) is 9.88. The molecule has 0 unspecified atom stereocenters. The molecule has 1 aromatic rings. The summed E-state index contributed by atoms with van der Waals surface area (Å²) in [5.74, 6) is -0.168. The normalized spacial score (nSPS) is 10.7. The third kappa shape index (κ3) is 4.68. The molecule has 0 saturated carbocycles. The summed E-state index contributed by atoms with van der Waals surface area (Å²) in [6.45, 7) is 5.18. The largest absolute Gasteiger partial charge is 0.383 e. The molecule has 7 heteroatoms. The van der Waals surface area contributed by atoms with Crippen molar-refractivity contribution in [2.75, 3.05) is 26.8 Å². The van der Waals surface area contributed by atoms with Gasteiger partial charge in [-0.1, -0.05) is 31.5 Å². The molecule has 0 radical (unpaired) electrons. The fourth-order valence-electron chi connectivity index (χ4n) is 1.96. The van der Waals surface area contributed by atoms with Crippen molar-refractivity contribution >= 4 is 23.2 Å². The van der Waals surface area contributed by atoms with E-state index in [0.717, 1.165) is 0 Å². The maximum atomic E-state index is 12.6. The number of hydrogen-bond acceptors (Lipinski definition) is 4. The number of nitro groups is 1. The Kier molecular flexibility index (Phi) is 6.58. The topological polar surface area (TPSA) is 72.7 Å². The summed E-state index contributed by atoms with van der Waals surface area (Å²) in [5.41, 5.74) is -0.348. The average molecular weight is 315 g/mol. The number of ether oxygens (including phenoxy) is 1. The number of para-hydroxylation sites is 1. The van der Waals surface area contributed by atoms with Gasteiger partial charge in [0.05, 0.1) is 11.5 Å². The summed E-state index contributed by atoms with van der Waals surface area (Å²) in [5, 5.41) is 11.1. The SMILES string of the molecule is COCCN(CC(C)C)C(=O)c1cccc(Cl)c1[N+](=O)[O-]. The minimum atomic E-state index is -0.626. The van der Waals surface area contributed by atoms with Crippen LogP contribution in [-0.4, -0.2) is 42.5 Å². The average Bonchev–Trinajstić information content (AvgIpc) is 2.41. The molecule has 0 bridgehead atoms. The van der Waals surface area contributed by atoms with Gasteiger partial charge in [0, 0.05) is 20.2 Å². The summed E-state index contributed by atoms with van der Waals surface area (Å²) in [4.78, 5) is 24.6. The van der Waals surface area contributed by atoms with E-state index in [9.17, 15) is 14.9 Å². The summed E-state index contributed by atoms with van der Waals surface area (Å²) >= 11 is 5.85. The number of hydrogen-bond donors (Lipinski definition) is 0. The predicted octanol–water partition coefficient (Wildman–Crippen LogP) is 2.99. The van der Waals surface area contributed by atoms with Crippen molar-refractivity contribution in [2.24, 2.45) is 5.92 Å². The van der Waals surface area contributed by atoms with Crippen LogP contribution >= 0.6 is 11.6 Å². The van der Waals surface area contributed by atoms with E-state index in [4.69, 9.17) is 16.3 Å². The van der Waals surface area contributed by atoms with Gasteiger partial charge < -0.3 is 9.64 Å². The van der Waals surface area contributed by atoms with Gasteiger partial charge in [-0.25, -0.2) is 0 Å². The molecule has 1 amide bonds. The van der Waals surface area contributed by atoms with Gasteiger partial charge in [-0.15, -0.1) is 0 Å². The molecule has 0 aromatic heterocycles. The Bertz CT molecular complexity index is 520. The van der Waals surface area contributed by atoms with Crippen LogP contribution in [0, 0.1) is 16.0 Å². The highest BCUT2D eigenvalue weighted by molar-refractivity contribution is 6.33. The van der Waals surface area contributed by atoms with Crippen LogP contribution in [0.15, 0.2) is 18.2 Å². The zero-order chi connectivity index (χ0) is 16.0. The molecule has 1 aromatic carbocycles. The first kappa shape index (κ1) is 17.4. The Labute approximate surface area is 128 Å². The van der Waals surface area contributed by atoms with E-state index in [0.29, 0.717) is 19.7 Å². The van der Waals surface area contributed by atoms with Crippen molar-refractivity contribution in [1.82, 2.24) is 4.90 Å². The highest BCUT2D eigenvalue weighted by atomic mass is 35.5. The number of nitro benzene ring substituents is 1. The van der Waals surface area contributed by atoms with E-state index in [1.54, 1.807) is 12.0 Å². The van der Waals surface area contributed by atoms with Gasteiger partial charge in [0.1, 0.15) is 10.6 Å². The first-order valence-electron chi connectivity index (χ1n) is 6.59. The molecule has 0 spiro atoms. The highest BCUT2D eigenvalue weighted by Gasteiger charge is 2.27. The van der Waals surface area contributed by atoms with Gasteiger partial charge in [-0.2, -0.15) is 0 Å². The lowest BCUT2D eigenvalue weighted by Crippen LogP contribution is -2.37. The fraction of sp³-hybridized carbons (Fsp3) is 0.500. The van der Waals surface area contributed by atoms with Crippen molar-refractivity contribution in [1.29, 1.82) is 0 Å². The molecule has 0 aliphatic rings. The first-order valence-corrected chi connectivity index (χ1v) is 6.97. The van der Waals surface area contributed by atoms with Crippen LogP contribution in [0.2, 0.25) is 5.02 Å². The second-order valence-electron chi connectivity index (χ2n) is 5.03. The summed E-state index contributed by atoms with van der Waals surface area (Å²) in [6.07, 6.45) is 0. The van der Waals surface area contributed by atoms with Gasteiger partial charge >= 0.3 is 5.69 Å². The molecule has 0 N–H and O–H groups in total. The lowest BCUT2D eigenvalue weighted by Gasteiger charge is -2.24. The third-order valence-corrected chi connectivity index (χ3v) is 3.14. The van der Waals surface area contributed by atoms with Gasteiger partial charge in [0.2, 0.25) is 0 Å². The standard InChI is InChI=1S/C14H19ClN2O4/c1-10(2)9-16(7-8-21-3)14(18)11-5-4-6-12(15)13(11)17(19)20/h4-6,10H,7-9H2,1-3H3. The number of carbonyl (C=O) groups excluding carboxylic acids is 1. The van der Waals surface area contributed by atoms with E-state index in [1.807, 2.05) is 13.8 Å². The molecular formula is C14H19ClN2O4. The van der Waals surface area contributed by atoms with Crippen molar-refractivity contribution in [3.05, 3.63) is 38.9 Å². The molecule has 0 aliphatic carbocycles. The smallest absolute Gasteiger partial charge is 0.300 e. The number of halogens is 1. The van der Waals surface area contributed by atoms with Crippen LogP contribution in [0.5, 0.6) is 0 Å². The molecule has 0 heterocycles. The molecular weight excluding hydrogens is 296 g/mol. The van der Waals surface area contributed by atoms with Crippen LogP contribution in [0.4, 0.5) is 5.69 Å². The number of carbonyl (C=O) groups is 1. The zero-order valence-corrected chi connectivity index (χ0v) is 13.1. The number of methoxy groups -OCH3 is 1. The zero-order valence-electron chi connectivity index (χ0n) is 12.3. The summed E-state index contributed by atoms with van der Waals surface area (Å²) < 4.78 is 4.99. The maximum Gasteiger partial charge on any atom is 0.300 e. The van der Waals surface area contributed by atoms with Crippen LogP contribution in [0.3, 0.4) is 0 Å². The molecule has 0 fully saturated rings. The number of amides is 1. The van der Waals surface area contributed by atoms with Crippen molar-refractivity contribution < 1.29 is 14.5 Å². The quantitative estimate of drug-likeness (QED) is 0.573. The van der Waals surface area contributed by atoms with Crippen LogP contribution in [0.1, 0.15) is 24.2 Å². The third-order valence-electron chi connectivity index (χ3n) is 2.84. The summed E-state index contributed by atoms with van der Waals surface area (Å²) in [7, 11) is 1.54. The molecule has 6 nitrogen and oxygen atoms in total. The van der Waals surface area contributed by atoms with E-state index in [1.165, 1.54) is 18.2 Å². The molecule has 0 aliphatic heterocycles. The minimum Gasteiger partial charge on any atom is -0.383 e. The number of rotatable bonds is 7. The van der Waals surface area contributed by atoms with Gasteiger partial charge in [0.15, 0.2) is 0 Å². The minimum absolute atomic E-state index is 0.00394. The van der Waals surface area contributed by atoms with Crippen molar-refractivity contribution in [3.63, 3.8) is 0 Å². The van der Waals surface area contributed by atoms with Gasteiger partial charge in [-0.3, -0.25) is 14.9 Å².